The number of hydrogen-bond acceptors (Lipinski definition) is 3. The third-order valence-electron chi connectivity index (χ3n) is 9.22. The molecular formula is C42H48OS2. The van der Waals surface area contributed by atoms with Crippen molar-refractivity contribution in [3.8, 4) is 11.8 Å². The SMILES string of the molecule is CCCCCCCCCCCCCCCCCCc1ccc2c(c1)sc1c3ccc(C#Cc4cc5ccccc5o4)cc3sc21. The molecule has 0 aliphatic heterocycles. The highest BCUT2D eigenvalue weighted by molar-refractivity contribution is 7.36. The Morgan fingerprint density at radius 1 is 0.556 bits per heavy atom. The number of fused-ring (bicyclic) bond motifs is 6. The van der Waals surface area contributed by atoms with Crippen LogP contribution in [-0.2, 0) is 6.42 Å². The van der Waals surface area contributed by atoms with Gasteiger partial charge in [0.1, 0.15) is 5.58 Å². The topological polar surface area (TPSA) is 13.1 Å². The van der Waals surface area contributed by atoms with Gasteiger partial charge in [0, 0.05) is 37.2 Å². The average molecular weight is 633 g/mol. The van der Waals surface area contributed by atoms with E-state index in [0.717, 1.165) is 16.5 Å². The molecule has 0 spiro atoms. The van der Waals surface area contributed by atoms with Crippen LogP contribution >= 0.6 is 22.7 Å². The smallest absolute Gasteiger partial charge is 0.178 e. The number of unbranched alkanes of at least 4 members (excludes halogenated alkanes) is 15. The van der Waals surface area contributed by atoms with Gasteiger partial charge in [0.2, 0.25) is 0 Å². The lowest BCUT2D eigenvalue weighted by molar-refractivity contribution is 0.529. The molecule has 0 saturated heterocycles. The van der Waals surface area contributed by atoms with Gasteiger partial charge in [-0.2, -0.15) is 0 Å². The van der Waals surface area contributed by atoms with E-state index in [0.29, 0.717) is 5.76 Å². The van der Waals surface area contributed by atoms with Crippen LogP contribution in [0.2, 0.25) is 0 Å². The van der Waals surface area contributed by atoms with Crippen LogP contribution in [0.25, 0.3) is 40.5 Å². The number of aryl methyl sites for hydroxylation is 1. The third-order valence-corrected chi connectivity index (χ3v) is 11.7. The van der Waals surface area contributed by atoms with E-state index in [9.17, 15) is 0 Å². The zero-order chi connectivity index (χ0) is 30.7. The van der Waals surface area contributed by atoms with E-state index in [-0.39, 0.29) is 0 Å². The van der Waals surface area contributed by atoms with Gasteiger partial charge in [-0.1, -0.05) is 146 Å². The molecule has 0 N–H and O–H groups in total. The van der Waals surface area contributed by atoms with Gasteiger partial charge in [-0.05, 0) is 48.6 Å². The predicted molar refractivity (Wildman–Crippen MR) is 200 cm³/mol. The standard InChI is InChI=1S/C42H48OS2/c1-2-3-4-5-6-7-8-9-10-11-12-13-14-15-16-17-20-32-24-27-36-39(29-32)44-42-37-28-25-33(30-40(37)45-41(36)42)23-26-35-31-34-21-18-19-22-38(34)43-35/h18-19,21-22,24-25,27-31H,2-17,20H2,1H3. The number of benzene rings is 3. The molecule has 6 rings (SSSR count). The quantitative estimate of drug-likeness (QED) is 0.0720. The predicted octanol–water partition coefficient (Wildman–Crippen LogP) is 14.2. The van der Waals surface area contributed by atoms with E-state index < -0.39 is 0 Å². The Kier molecular flexibility index (Phi) is 11.7. The minimum absolute atomic E-state index is 0.713. The molecule has 0 amide bonds. The largest absolute Gasteiger partial charge is 0.448 e. The van der Waals surface area contributed by atoms with Gasteiger partial charge in [0.25, 0.3) is 0 Å². The summed E-state index contributed by atoms with van der Waals surface area (Å²) in [5.41, 5.74) is 3.41. The van der Waals surface area contributed by atoms with Gasteiger partial charge in [0.15, 0.2) is 5.76 Å². The molecule has 6 aromatic rings. The molecule has 3 aromatic carbocycles. The first-order chi connectivity index (χ1) is 22.3. The van der Waals surface area contributed by atoms with E-state index >= 15 is 0 Å². The van der Waals surface area contributed by atoms with Crippen molar-refractivity contribution in [2.45, 2.75) is 116 Å². The zero-order valence-electron chi connectivity index (χ0n) is 27.1. The monoisotopic (exact) mass is 632 g/mol. The second-order valence-corrected chi connectivity index (χ2v) is 15.0. The van der Waals surface area contributed by atoms with Crippen molar-refractivity contribution in [2.75, 3.05) is 0 Å². The molecule has 1 nitrogen and oxygen atoms in total. The molecule has 0 aliphatic carbocycles. The Bertz CT molecular complexity index is 1840. The Balaban J connectivity index is 0.928. The van der Waals surface area contributed by atoms with Crippen LogP contribution in [0, 0.1) is 11.8 Å². The van der Waals surface area contributed by atoms with Crippen LogP contribution in [0.15, 0.2) is 71.1 Å². The lowest BCUT2D eigenvalue weighted by Crippen LogP contribution is -1.86. The Morgan fingerprint density at radius 2 is 1.13 bits per heavy atom. The molecule has 45 heavy (non-hydrogen) atoms. The van der Waals surface area contributed by atoms with Gasteiger partial charge < -0.3 is 4.42 Å². The summed E-state index contributed by atoms with van der Waals surface area (Å²) in [6.45, 7) is 2.30. The van der Waals surface area contributed by atoms with E-state index in [1.54, 1.807) is 0 Å². The van der Waals surface area contributed by atoms with Crippen molar-refractivity contribution in [1.29, 1.82) is 0 Å². The Morgan fingerprint density at radius 3 is 1.78 bits per heavy atom. The fourth-order valence-electron chi connectivity index (χ4n) is 6.59. The van der Waals surface area contributed by atoms with Crippen molar-refractivity contribution in [3.63, 3.8) is 0 Å². The first-order valence-corrected chi connectivity index (χ1v) is 19.3. The molecule has 0 fully saturated rings. The maximum absolute atomic E-state index is 5.88. The highest BCUT2D eigenvalue weighted by atomic mass is 32.1. The first-order valence-electron chi connectivity index (χ1n) is 17.7. The maximum atomic E-state index is 5.88. The fraction of sp³-hybridized carbons (Fsp3) is 0.429. The molecule has 234 valence electrons. The molecule has 3 heteroatoms. The van der Waals surface area contributed by atoms with E-state index in [2.05, 4.69) is 61.2 Å². The number of furan rings is 1. The summed E-state index contributed by atoms with van der Waals surface area (Å²) in [5, 5.41) is 3.85. The molecule has 0 bridgehead atoms. The van der Waals surface area contributed by atoms with Crippen LogP contribution in [0.1, 0.15) is 127 Å². The second kappa shape index (κ2) is 16.5. The zero-order valence-corrected chi connectivity index (χ0v) is 28.7. The van der Waals surface area contributed by atoms with Crippen LogP contribution in [-0.4, -0.2) is 0 Å². The average Bonchev–Trinajstić information content (AvgIpc) is 3.74. The third kappa shape index (κ3) is 8.60. The lowest BCUT2D eigenvalue weighted by Gasteiger charge is -2.04. The summed E-state index contributed by atoms with van der Waals surface area (Å²) in [6, 6.07) is 23.9. The molecule has 0 saturated carbocycles. The molecule has 3 aromatic heterocycles. The van der Waals surface area contributed by atoms with E-state index in [4.69, 9.17) is 4.42 Å². The first kappa shape index (κ1) is 31.9. The summed E-state index contributed by atoms with van der Waals surface area (Å²) in [7, 11) is 0. The van der Waals surface area contributed by atoms with Gasteiger partial charge in [-0.3, -0.25) is 0 Å². The number of thiophene rings is 2. The molecule has 3 heterocycles. The van der Waals surface area contributed by atoms with Crippen molar-refractivity contribution in [3.05, 3.63) is 83.6 Å². The Labute approximate surface area is 278 Å². The lowest BCUT2D eigenvalue weighted by atomic mass is 10.0. The second-order valence-electron chi connectivity index (χ2n) is 12.9. The van der Waals surface area contributed by atoms with Crippen LogP contribution in [0.5, 0.6) is 0 Å². The van der Waals surface area contributed by atoms with Crippen LogP contribution in [0.3, 0.4) is 0 Å². The van der Waals surface area contributed by atoms with Crippen molar-refractivity contribution < 1.29 is 4.42 Å². The molecule has 0 aliphatic rings. The number of rotatable bonds is 17. The van der Waals surface area contributed by atoms with E-state index in [1.165, 1.54) is 144 Å². The number of para-hydroxylation sites is 1. The van der Waals surface area contributed by atoms with Crippen LogP contribution in [0.4, 0.5) is 0 Å². The van der Waals surface area contributed by atoms with E-state index in [1.807, 2.05) is 46.9 Å². The fourth-order valence-corrected chi connectivity index (χ4v) is 9.34. The Hall–Kier alpha value is -3.06. The van der Waals surface area contributed by atoms with Gasteiger partial charge in [0.05, 0.1) is 9.40 Å². The summed E-state index contributed by atoms with van der Waals surface area (Å²) in [4.78, 5) is 0. The summed E-state index contributed by atoms with van der Waals surface area (Å²) < 4.78 is 11.5. The van der Waals surface area contributed by atoms with Crippen molar-refractivity contribution >= 4 is 63.2 Å². The normalized spacial score (nSPS) is 11.7. The minimum Gasteiger partial charge on any atom is -0.448 e. The highest BCUT2D eigenvalue weighted by Gasteiger charge is 2.13. The minimum atomic E-state index is 0.713. The van der Waals surface area contributed by atoms with Gasteiger partial charge >= 0.3 is 0 Å². The van der Waals surface area contributed by atoms with Crippen molar-refractivity contribution in [1.82, 2.24) is 0 Å². The van der Waals surface area contributed by atoms with Gasteiger partial charge in [-0.15, -0.1) is 22.7 Å². The number of hydrogen-bond donors (Lipinski definition) is 0. The molecule has 0 radical (unpaired) electrons. The summed E-state index contributed by atoms with van der Waals surface area (Å²) in [5.74, 6) is 7.25. The highest BCUT2D eigenvalue weighted by Crippen LogP contribution is 2.44. The summed E-state index contributed by atoms with van der Waals surface area (Å²) >= 11 is 3.86. The maximum Gasteiger partial charge on any atom is 0.178 e. The van der Waals surface area contributed by atoms with Crippen molar-refractivity contribution in [2.24, 2.45) is 0 Å². The van der Waals surface area contributed by atoms with Crippen LogP contribution < -0.4 is 0 Å². The summed E-state index contributed by atoms with van der Waals surface area (Å²) in [6.07, 6.45) is 24.0. The molecule has 0 unspecified atom stereocenters. The molecular weight excluding hydrogens is 585 g/mol. The van der Waals surface area contributed by atoms with Gasteiger partial charge in [-0.25, -0.2) is 0 Å². The molecule has 0 atom stereocenters.